The molecule has 25 heteroatoms. The van der Waals surface area contributed by atoms with Gasteiger partial charge >= 0.3 is 0 Å². The highest BCUT2D eigenvalue weighted by Gasteiger charge is 2.37. The van der Waals surface area contributed by atoms with E-state index in [9.17, 15) is 14.4 Å². The Labute approximate surface area is 520 Å². The fourth-order valence-electron chi connectivity index (χ4n) is 9.37. The van der Waals surface area contributed by atoms with Gasteiger partial charge in [-0.15, -0.1) is 34.0 Å². The quantitative estimate of drug-likeness (QED) is 0.0105. The number of ether oxygens (including phenoxy) is 6. The molecule has 0 radical (unpaired) electrons. The lowest BCUT2D eigenvalue weighted by atomic mass is 9.98. The second-order valence-electron chi connectivity index (χ2n) is 20.2. The summed E-state index contributed by atoms with van der Waals surface area (Å²) < 4.78 is 33.7. The number of hydrogen-bond acceptors (Lipinski definition) is 20. The van der Waals surface area contributed by atoms with E-state index in [-0.39, 0.29) is 43.1 Å². The normalized spacial score (nSPS) is 13.9. The fourth-order valence-corrected chi connectivity index (χ4v) is 12.6. The van der Waals surface area contributed by atoms with E-state index in [1.54, 1.807) is 35.3 Å². The van der Waals surface area contributed by atoms with Gasteiger partial charge in [0.25, 0.3) is 11.8 Å². The summed E-state index contributed by atoms with van der Waals surface area (Å²) in [6, 6.07) is 17.9. The van der Waals surface area contributed by atoms with Gasteiger partial charge < -0.3 is 60.7 Å². The molecule has 1 aliphatic heterocycles. The van der Waals surface area contributed by atoms with Crippen LogP contribution in [0.2, 0.25) is 5.02 Å². The van der Waals surface area contributed by atoms with E-state index in [0.29, 0.717) is 137 Å². The van der Waals surface area contributed by atoms with Gasteiger partial charge in [0, 0.05) is 79.5 Å². The van der Waals surface area contributed by atoms with Crippen molar-refractivity contribution in [2.45, 2.75) is 79.9 Å². The topological polar surface area (TPSA) is 284 Å². The Morgan fingerprint density at radius 1 is 0.640 bits per heavy atom. The molecule has 3 amide bonds. The number of amidine groups is 1. The van der Waals surface area contributed by atoms with Crippen LogP contribution in [0.25, 0.3) is 0 Å². The zero-order chi connectivity index (χ0) is 61.5. The van der Waals surface area contributed by atoms with Gasteiger partial charge in [-0.2, -0.15) is 0 Å². The van der Waals surface area contributed by atoms with Crippen LogP contribution in [-0.4, -0.2) is 157 Å². The molecule has 0 saturated heterocycles. The molecule has 0 saturated carbocycles. The van der Waals surface area contributed by atoms with Crippen molar-refractivity contribution in [3.8, 4) is 0 Å². The Morgan fingerprint density at radius 3 is 1.67 bits per heavy atom. The molecule has 3 aromatic heterocycles. The molecule has 21 nitrogen and oxygen atoms in total. The van der Waals surface area contributed by atoms with Crippen LogP contribution >= 0.6 is 45.6 Å². The van der Waals surface area contributed by atoms with E-state index in [4.69, 9.17) is 66.9 Å². The van der Waals surface area contributed by atoms with Crippen molar-refractivity contribution < 1.29 is 42.8 Å². The maximum Gasteiger partial charge on any atom is 0.257 e. The molecule has 1 unspecified atom stereocenters. The number of amides is 3. The molecule has 7 rings (SSSR count). The first-order valence-corrected chi connectivity index (χ1v) is 31.6. The molecule has 1 aliphatic rings. The minimum atomic E-state index is -0.832. The van der Waals surface area contributed by atoms with Crippen LogP contribution in [-0.2, 0) is 46.1 Å². The molecule has 0 aliphatic carbocycles. The van der Waals surface area contributed by atoms with Crippen LogP contribution in [0.1, 0.15) is 87.9 Å². The molecule has 0 fully saturated rings. The number of aryl methyl sites for hydroxylation is 5. The number of fused-ring (bicyclic) bond motifs is 1. The van der Waals surface area contributed by atoms with Crippen molar-refractivity contribution in [1.82, 2.24) is 15.3 Å². The highest BCUT2D eigenvalue weighted by atomic mass is 35.5. The molecule has 3 aromatic carbocycles. The van der Waals surface area contributed by atoms with E-state index in [2.05, 4.69) is 38.5 Å². The van der Waals surface area contributed by atoms with Crippen LogP contribution in [0.5, 0.6) is 0 Å². The number of carbonyl (C=O) groups excluding carboxylic acids is 3. The largest absolute Gasteiger partial charge is 0.382 e. The zero-order valence-corrected chi connectivity index (χ0v) is 53.3. The van der Waals surface area contributed by atoms with Crippen molar-refractivity contribution >= 4 is 102 Å². The third-order valence-corrected chi connectivity index (χ3v) is 17.6. The Balaban J connectivity index is 0.857. The summed E-state index contributed by atoms with van der Waals surface area (Å²) >= 11 is 10.8. The van der Waals surface area contributed by atoms with Gasteiger partial charge in [0.05, 0.1) is 115 Å². The van der Waals surface area contributed by atoms with Gasteiger partial charge in [-0.25, -0.2) is 9.97 Å². The molecule has 2 atom stereocenters. The molecular formula is C61H81ClN12O9S3. The molecular weight excluding hydrogens is 1180 g/mol. The smallest absolute Gasteiger partial charge is 0.257 e. The highest BCUT2D eigenvalue weighted by molar-refractivity contribution is 7.17. The zero-order valence-electron chi connectivity index (χ0n) is 50.1. The van der Waals surface area contributed by atoms with Crippen molar-refractivity contribution in [2.75, 3.05) is 132 Å². The highest BCUT2D eigenvalue weighted by Crippen LogP contribution is 2.42. The number of thiophene rings is 1. The first-order valence-electron chi connectivity index (χ1n) is 28.7. The summed E-state index contributed by atoms with van der Waals surface area (Å²) in [5.74, 6) is -0.480. The minimum Gasteiger partial charge on any atom is -0.382 e. The summed E-state index contributed by atoms with van der Waals surface area (Å²) in [5, 5.41) is 27.1. The van der Waals surface area contributed by atoms with E-state index < -0.39 is 12.2 Å². The van der Waals surface area contributed by atoms with Gasteiger partial charge in [-0.3, -0.25) is 35.4 Å². The van der Waals surface area contributed by atoms with E-state index in [1.807, 2.05) is 83.1 Å². The van der Waals surface area contributed by atoms with Gasteiger partial charge in [0.2, 0.25) is 5.91 Å². The predicted molar refractivity (Wildman–Crippen MR) is 346 cm³/mol. The van der Waals surface area contributed by atoms with Crippen LogP contribution in [0, 0.1) is 47.0 Å². The fraction of sp³-hybridized carbons (Fsp3) is 0.459. The molecule has 6 aromatic rings. The average Bonchev–Trinajstić information content (AvgIpc) is 1.99. The number of carbonyl (C=O) groups is 3. The van der Waals surface area contributed by atoms with Crippen LogP contribution < -0.4 is 43.0 Å². The standard InChI is InChI=1S/C61H81ClN12O9S3/c1-37-46(57(76)72-60-69-40(4)41(5)84-60)10-8-12-48(37)66-21-26-80-30-34-83-35-31-81-27-23-68-53(75)36-51-56(65)74(43(7)64)59-54(55(70-51)44-14-16-45(62)17-15-44)39(3)52(86-59)19-18-50-42(6)85-61(71-50)73-58(77)47-11-9-13-49(38(47)2)67-22-25-79-29-33-82-32-28-78-24-20-63/h8-17,51,56,64,66-67H,18-36,63,65H2,1-7H3,(H,68,75)(H,69,72,76)(H,71,73,77)/t51-,56?/m0/s1. The Bertz CT molecular complexity index is 3220. The first kappa shape index (κ1) is 67.3. The first-order chi connectivity index (χ1) is 41.5. The van der Waals surface area contributed by atoms with E-state index >= 15 is 0 Å². The van der Waals surface area contributed by atoms with Crippen molar-refractivity contribution in [3.63, 3.8) is 0 Å². The predicted octanol–water partition coefficient (Wildman–Crippen LogP) is 8.85. The van der Waals surface area contributed by atoms with Gasteiger partial charge in [-0.1, -0.05) is 35.9 Å². The summed E-state index contributed by atoms with van der Waals surface area (Å²) in [6.07, 6.45) is 0.373. The molecule has 464 valence electrons. The molecule has 4 heterocycles. The van der Waals surface area contributed by atoms with Crippen LogP contribution in [0.3, 0.4) is 0 Å². The Kier molecular flexibility index (Phi) is 26.8. The number of benzene rings is 3. The lowest BCUT2D eigenvalue weighted by Gasteiger charge is -2.31. The summed E-state index contributed by atoms with van der Waals surface area (Å²) in [4.78, 5) is 59.7. The number of anilines is 5. The number of hydrogen-bond donors (Lipinski definition) is 8. The lowest BCUT2D eigenvalue weighted by Crippen LogP contribution is -2.52. The van der Waals surface area contributed by atoms with E-state index in [1.165, 1.54) is 22.7 Å². The number of rotatable bonds is 35. The van der Waals surface area contributed by atoms with E-state index in [0.717, 1.165) is 70.2 Å². The molecule has 86 heavy (non-hydrogen) atoms. The van der Waals surface area contributed by atoms with Gasteiger partial charge in [0.1, 0.15) is 11.2 Å². The number of halogens is 1. The van der Waals surface area contributed by atoms with Crippen molar-refractivity contribution in [1.29, 1.82) is 5.41 Å². The maximum atomic E-state index is 13.7. The number of nitrogens with zero attached hydrogens (tertiary/aromatic N) is 4. The number of thiazole rings is 2. The average molecular weight is 1260 g/mol. The molecule has 10 N–H and O–H groups in total. The lowest BCUT2D eigenvalue weighted by molar-refractivity contribution is -0.121. The summed E-state index contributed by atoms with van der Waals surface area (Å²) in [5.41, 5.74) is 22.0. The maximum absolute atomic E-state index is 13.7. The number of nitrogens with two attached hydrogens (primary N) is 2. The van der Waals surface area contributed by atoms with Crippen LogP contribution in [0.15, 0.2) is 65.7 Å². The van der Waals surface area contributed by atoms with Gasteiger partial charge in [-0.05, 0) is 114 Å². The second kappa shape index (κ2) is 34.3. The summed E-state index contributed by atoms with van der Waals surface area (Å²) in [7, 11) is 0. The number of aromatic nitrogens is 2. The number of aliphatic imine (C=N–C) groups is 1. The van der Waals surface area contributed by atoms with Crippen molar-refractivity contribution in [2.24, 2.45) is 16.5 Å². The molecule has 0 bridgehead atoms. The Morgan fingerprint density at radius 2 is 1.15 bits per heavy atom. The Hall–Kier alpha value is -6.26. The minimum absolute atomic E-state index is 0.0255. The monoisotopic (exact) mass is 1260 g/mol. The summed E-state index contributed by atoms with van der Waals surface area (Å²) in [6.45, 7) is 20.5. The molecule has 0 spiro atoms. The third-order valence-electron chi connectivity index (χ3n) is 14.1. The number of nitrogens with one attached hydrogen (secondary N) is 6. The second-order valence-corrected chi connectivity index (χ2v) is 24.2. The van der Waals surface area contributed by atoms with Crippen molar-refractivity contribution in [3.05, 3.63) is 131 Å². The van der Waals surface area contributed by atoms with Crippen LogP contribution in [0.4, 0.5) is 26.6 Å². The SMILES string of the molecule is CC(=N)N1c2sc(CCc3nc(NC(=O)c4cccc(NCCOCCOCCOCCN)c4C)sc3C)c(C)c2C(c2ccc(Cl)cc2)=N[C@@H](CC(=O)NCCOCCOCCOCCNc2cccc(C(=O)Nc3nc(C)c(C)s3)c2C)C1N. The van der Waals surface area contributed by atoms with Gasteiger partial charge in [0.15, 0.2) is 10.3 Å². The third kappa shape index (κ3) is 19.4.